The minimum atomic E-state index is 0.277. The standard InChI is InChI=1S/C12H15N3/c1-3-10-4-5-14-11(6-10)9(2)12-7-13-8-15-12/h4-9H,3H2,1-2H3,(H,13,15). The van der Waals surface area contributed by atoms with Gasteiger partial charge in [-0.05, 0) is 24.1 Å². The van der Waals surface area contributed by atoms with Crippen LogP contribution in [0.15, 0.2) is 30.9 Å². The van der Waals surface area contributed by atoms with Crippen molar-refractivity contribution in [3.05, 3.63) is 47.8 Å². The van der Waals surface area contributed by atoms with Gasteiger partial charge in [0.05, 0.1) is 6.33 Å². The average molecular weight is 201 g/mol. The molecule has 0 bridgehead atoms. The Morgan fingerprint density at radius 2 is 2.33 bits per heavy atom. The SMILES string of the molecule is CCc1ccnc(C(C)c2cnc[nH]2)c1. The topological polar surface area (TPSA) is 41.6 Å². The van der Waals surface area contributed by atoms with E-state index in [1.807, 2.05) is 12.4 Å². The van der Waals surface area contributed by atoms with E-state index in [2.05, 4.69) is 40.9 Å². The number of pyridine rings is 1. The van der Waals surface area contributed by atoms with E-state index < -0.39 is 0 Å². The van der Waals surface area contributed by atoms with E-state index in [1.165, 1.54) is 5.56 Å². The summed E-state index contributed by atoms with van der Waals surface area (Å²) >= 11 is 0. The Labute approximate surface area is 89.6 Å². The molecule has 78 valence electrons. The number of aromatic amines is 1. The summed E-state index contributed by atoms with van der Waals surface area (Å²) in [5, 5.41) is 0. The molecule has 0 aromatic carbocycles. The molecule has 0 radical (unpaired) electrons. The number of rotatable bonds is 3. The highest BCUT2D eigenvalue weighted by Gasteiger charge is 2.10. The van der Waals surface area contributed by atoms with Crippen molar-refractivity contribution in [2.45, 2.75) is 26.2 Å². The third-order valence-corrected chi connectivity index (χ3v) is 2.68. The van der Waals surface area contributed by atoms with Crippen molar-refractivity contribution >= 4 is 0 Å². The second-order valence-electron chi connectivity index (χ2n) is 3.67. The maximum absolute atomic E-state index is 4.40. The highest BCUT2D eigenvalue weighted by molar-refractivity contribution is 5.24. The van der Waals surface area contributed by atoms with Crippen molar-refractivity contribution in [2.24, 2.45) is 0 Å². The van der Waals surface area contributed by atoms with Gasteiger partial charge in [-0.25, -0.2) is 4.98 Å². The lowest BCUT2D eigenvalue weighted by Gasteiger charge is -2.09. The summed E-state index contributed by atoms with van der Waals surface area (Å²) in [7, 11) is 0. The fourth-order valence-electron chi connectivity index (χ4n) is 1.61. The molecule has 1 N–H and O–H groups in total. The quantitative estimate of drug-likeness (QED) is 0.829. The summed E-state index contributed by atoms with van der Waals surface area (Å²) in [4.78, 5) is 11.5. The predicted molar refractivity (Wildman–Crippen MR) is 59.7 cm³/mol. The van der Waals surface area contributed by atoms with E-state index in [0.717, 1.165) is 17.8 Å². The van der Waals surface area contributed by atoms with Gasteiger partial charge in [-0.2, -0.15) is 0 Å². The normalized spacial score (nSPS) is 12.7. The second-order valence-corrected chi connectivity index (χ2v) is 3.67. The molecule has 0 spiro atoms. The second kappa shape index (κ2) is 4.26. The first-order valence-electron chi connectivity index (χ1n) is 5.24. The van der Waals surface area contributed by atoms with Crippen molar-refractivity contribution in [1.29, 1.82) is 0 Å². The fourth-order valence-corrected chi connectivity index (χ4v) is 1.61. The number of aryl methyl sites for hydroxylation is 1. The largest absolute Gasteiger partial charge is 0.348 e. The Bertz CT molecular complexity index is 420. The zero-order chi connectivity index (χ0) is 10.7. The molecule has 0 saturated carbocycles. The Hall–Kier alpha value is -1.64. The average Bonchev–Trinajstić information content (AvgIpc) is 2.81. The van der Waals surface area contributed by atoms with Gasteiger partial charge in [0.25, 0.3) is 0 Å². The minimum Gasteiger partial charge on any atom is -0.348 e. The lowest BCUT2D eigenvalue weighted by Crippen LogP contribution is -2.00. The lowest BCUT2D eigenvalue weighted by atomic mass is 10.0. The zero-order valence-corrected chi connectivity index (χ0v) is 9.07. The van der Waals surface area contributed by atoms with E-state index in [0.29, 0.717) is 0 Å². The Morgan fingerprint density at radius 1 is 1.47 bits per heavy atom. The summed E-state index contributed by atoms with van der Waals surface area (Å²) in [5.74, 6) is 0.277. The summed E-state index contributed by atoms with van der Waals surface area (Å²) < 4.78 is 0. The number of aromatic nitrogens is 3. The van der Waals surface area contributed by atoms with Crippen molar-refractivity contribution in [1.82, 2.24) is 15.0 Å². The van der Waals surface area contributed by atoms with Gasteiger partial charge in [0, 0.05) is 29.7 Å². The molecular formula is C12H15N3. The van der Waals surface area contributed by atoms with Gasteiger partial charge in [-0.3, -0.25) is 4.98 Å². The van der Waals surface area contributed by atoms with Gasteiger partial charge in [0.1, 0.15) is 0 Å². The number of nitrogens with one attached hydrogen (secondary N) is 1. The smallest absolute Gasteiger partial charge is 0.0921 e. The number of hydrogen-bond acceptors (Lipinski definition) is 2. The number of imidazole rings is 1. The Morgan fingerprint density at radius 3 is 3.00 bits per heavy atom. The maximum Gasteiger partial charge on any atom is 0.0921 e. The van der Waals surface area contributed by atoms with Crippen LogP contribution in [-0.4, -0.2) is 15.0 Å². The summed E-state index contributed by atoms with van der Waals surface area (Å²) in [6.07, 6.45) is 6.48. The van der Waals surface area contributed by atoms with Crippen molar-refractivity contribution < 1.29 is 0 Å². The molecule has 0 aliphatic heterocycles. The highest BCUT2D eigenvalue weighted by Crippen LogP contribution is 2.20. The molecule has 0 amide bonds. The van der Waals surface area contributed by atoms with Gasteiger partial charge in [0.15, 0.2) is 0 Å². The molecular weight excluding hydrogens is 186 g/mol. The molecule has 3 nitrogen and oxygen atoms in total. The highest BCUT2D eigenvalue weighted by atomic mass is 14.9. The van der Waals surface area contributed by atoms with Crippen LogP contribution < -0.4 is 0 Å². The first-order chi connectivity index (χ1) is 7.31. The predicted octanol–water partition coefficient (Wildman–Crippen LogP) is 2.52. The van der Waals surface area contributed by atoms with Crippen LogP contribution >= 0.6 is 0 Å². The van der Waals surface area contributed by atoms with Gasteiger partial charge in [0.2, 0.25) is 0 Å². The van der Waals surface area contributed by atoms with Crippen molar-refractivity contribution in [3.8, 4) is 0 Å². The molecule has 2 aromatic heterocycles. The van der Waals surface area contributed by atoms with E-state index in [1.54, 1.807) is 6.33 Å². The van der Waals surface area contributed by atoms with Crippen LogP contribution in [0, 0.1) is 0 Å². The molecule has 0 aliphatic carbocycles. The van der Waals surface area contributed by atoms with E-state index in [4.69, 9.17) is 0 Å². The van der Waals surface area contributed by atoms with E-state index >= 15 is 0 Å². The van der Waals surface area contributed by atoms with Crippen LogP contribution in [0.3, 0.4) is 0 Å². The minimum absolute atomic E-state index is 0.277. The van der Waals surface area contributed by atoms with Crippen molar-refractivity contribution in [2.75, 3.05) is 0 Å². The van der Waals surface area contributed by atoms with Crippen LogP contribution in [-0.2, 0) is 6.42 Å². The van der Waals surface area contributed by atoms with Gasteiger partial charge in [-0.15, -0.1) is 0 Å². The van der Waals surface area contributed by atoms with Gasteiger partial charge in [-0.1, -0.05) is 13.8 Å². The van der Waals surface area contributed by atoms with Gasteiger partial charge < -0.3 is 4.98 Å². The van der Waals surface area contributed by atoms with Gasteiger partial charge >= 0.3 is 0 Å². The molecule has 0 aliphatic rings. The number of H-pyrrole nitrogens is 1. The first kappa shape index (κ1) is 9.90. The zero-order valence-electron chi connectivity index (χ0n) is 9.07. The summed E-state index contributed by atoms with van der Waals surface area (Å²) in [5.41, 5.74) is 3.53. The first-order valence-corrected chi connectivity index (χ1v) is 5.24. The molecule has 0 saturated heterocycles. The molecule has 15 heavy (non-hydrogen) atoms. The third-order valence-electron chi connectivity index (χ3n) is 2.68. The summed E-state index contributed by atoms with van der Waals surface area (Å²) in [6, 6.07) is 4.22. The van der Waals surface area contributed by atoms with Crippen LogP contribution in [0.25, 0.3) is 0 Å². The van der Waals surface area contributed by atoms with E-state index in [9.17, 15) is 0 Å². The molecule has 3 heteroatoms. The van der Waals surface area contributed by atoms with Crippen molar-refractivity contribution in [3.63, 3.8) is 0 Å². The Balaban J connectivity index is 2.29. The van der Waals surface area contributed by atoms with Crippen LogP contribution in [0.2, 0.25) is 0 Å². The maximum atomic E-state index is 4.40. The van der Waals surface area contributed by atoms with Crippen LogP contribution in [0.4, 0.5) is 0 Å². The van der Waals surface area contributed by atoms with E-state index in [-0.39, 0.29) is 5.92 Å². The number of nitrogens with zero attached hydrogens (tertiary/aromatic N) is 2. The lowest BCUT2D eigenvalue weighted by molar-refractivity contribution is 0.836. The molecule has 0 fully saturated rings. The monoisotopic (exact) mass is 201 g/mol. The van der Waals surface area contributed by atoms with Crippen LogP contribution in [0.5, 0.6) is 0 Å². The molecule has 2 aromatic rings. The molecule has 1 unspecified atom stereocenters. The number of hydrogen-bond donors (Lipinski definition) is 1. The van der Waals surface area contributed by atoms with Crippen LogP contribution in [0.1, 0.15) is 36.7 Å². The third kappa shape index (κ3) is 2.06. The molecule has 1 atom stereocenters. The fraction of sp³-hybridized carbons (Fsp3) is 0.333. The Kier molecular flexibility index (Phi) is 2.81. The molecule has 2 heterocycles. The summed E-state index contributed by atoms with van der Waals surface area (Å²) in [6.45, 7) is 4.29. The molecule has 2 rings (SSSR count).